The van der Waals surface area contributed by atoms with Crippen molar-refractivity contribution in [1.29, 1.82) is 0 Å². The lowest BCUT2D eigenvalue weighted by Crippen LogP contribution is -2.36. The molecule has 0 spiro atoms. The van der Waals surface area contributed by atoms with Gasteiger partial charge < -0.3 is 19.7 Å². The van der Waals surface area contributed by atoms with E-state index in [-0.39, 0.29) is 18.4 Å². The summed E-state index contributed by atoms with van der Waals surface area (Å²) in [5.41, 5.74) is 1.45. The van der Waals surface area contributed by atoms with Gasteiger partial charge in [0.1, 0.15) is 19.8 Å². The fraction of sp³-hybridized carbons (Fsp3) is 0.238. The van der Waals surface area contributed by atoms with Crippen molar-refractivity contribution in [3.05, 3.63) is 59.1 Å². The van der Waals surface area contributed by atoms with E-state index in [1.165, 1.54) is 11.0 Å². The van der Waals surface area contributed by atoms with Crippen LogP contribution in [0.5, 0.6) is 11.5 Å². The minimum absolute atomic E-state index is 0.0469. The van der Waals surface area contributed by atoms with E-state index in [9.17, 15) is 9.59 Å². The summed E-state index contributed by atoms with van der Waals surface area (Å²) in [6, 6.07) is 12.3. The standard InChI is InChI=1S/C21H21ClN2O4/c1-2-24(21(26)10-5-15-3-6-16(22)7-4-15)14-20(25)23-17-8-9-18-19(13-17)28-12-11-27-18/h3-10,13H,2,11-12,14H2,1H3,(H,23,25)/b10-5+. The van der Waals surface area contributed by atoms with Crippen molar-refractivity contribution >= 4 is 35.2 Å². The Labute approximate surface area is 168 Å². The first-order valence-corrected chi connectivity index (χ1v) is 9.35. The molecule has 1 N–H and O–H groups in total. The highest BCUT2D eigenvalue weighted by atomic mass is 35.5. The SMILES string of the molecule is CCN(CC(=O)Nc1ccc2c(c1)OCCO2)C(=O)/C=C/c1ccc(Cl)cc1. The van der Waals surface area contributed by atoms with E-state index in [2.05, 4.69) is 5.32 Å². The van der Waals surface area contributed by atoms with Gasteiger partial charge in [-0.05, 0) is 42.8 Å². The van der Waals surface area contributed by atoms with Crippen LogP contribution in [0.1, 0.15) is 12.5 Å². The van der Waals surface area contributed by atoms with Gasteiger partial charge in [-0.2, -0.15) is 0 Å². The summed E-state index contributed by atoms with van der Waals surface area (Å²) in [7, 11) is 0. The lowest BCUT2D eigenvalue weighted by Gasteiger charge is -2.20. The van der Waals surface area contributed by atoms with Crippen molar-refractivity contribution in [2.45, 2.75) is 6.92 Å². The van der Waals surface area contributed by atoms with Crippen LogP contribution in [0.15, 0.2) is 48.5 Å². The lowest BCUT2D eigenvalue weighted by molar-refractivity contribution is -0.130. The molecule has 0 radical (unpaired) electrons. The number of likely N-dealkylation sites (N-methyl/N-ethyl adjacent to an activating group) is 1. The monoisotopic (exact) mass is 400 g/mol. The molecule has 146 valence electrons. The van der Waals surface area contributed by atoms with E-state index in [0.717, 1.165) is 5.56 Å². The molecule has 0 bridgehead atoms. The third-order valence-corrected chi connectivity index (χ3v) is 4.39. The van der Waals surface area contributed by atoms with Crippen molar-refractivity contribution in [2.75, 3.05) is 31.6 Å². The Morgan fingerprint density at radius 3 is 2.54 bits per heavy atom. The summed E-state index contributed by atoms with van der Waals surface area (Å²) >= 11 is 5.85. The number of anilines is 1. The molecule has 0 unspecified atom stereocenters. The molecule has 28 heavy (non-hydrogen) atoms. The fourth-order valence-electron chi connectivity index (χ4n) is 2.69. The van der Waals surface area contributed by atoms with Gasteiger partial charge in [0.05, 0.1) is 0 Å². The summed E-state index contributed by atoms with van der Waals surface area (Å²) in [6.07, 6.45) is 3.14. The third kappa shape index (κ3) is 5.27. The molecule has 0 fully saturated rings. The van der Waals surface area contributed by atoms with Gasteiger partial charge in [-0.15, -0.1) is 0 Å². The predicted molar refractivity (Wildman–Crippen MR) is 109 cm³/mol. The van der Waals surface area contributed by atoms with Gasteiger partial charge in [0.15, 0.2) is 11.5 Å². The normalized spacial score (nSPS) is 12.6. The minimum Gasteiger partial charge on any atom is -0.486 e. The highest BCUT2D eigenvalue weighted by molar-refractivity contribution is 6.30. The van der Waals surface area contributed by atoms with Crippen LogP contribution in [0.2, 0.25) is 5.02 Å². The van der Waals surface area contributed by atoms with Gasteiger partial charge in [-0.3, -0.25) is 9.59 Å². The molecule has 1 aliphatic rings. The Morgan fingerprint density at radius 2 is 1.82 bits per heavy atom. The van der Waals surface area contributed by atoms with Gasteiger partial charge in [0, 0.05) is 29.4 Å². The molecule has 0 atom stereocenters. The molecule has 0 aromatic heterocycles. The van der Waals surface area contributed by atoms with Crippen molar-refractivity contribution in [3.8, 4) is 11.5 Å². The van der Waals surface area contributed by atoms with Crippen molar-refractivity contribution in [3.63, 3.8) is 0 Å². The predicted octanol–water partition coefficient (Wildman–Crippen LogP) is 3.61. The average Bonchev–Trinajstić information content (AvgIpc) is 2.71. The highest BCUT2D eigenvalue weighted by Gasteiger charge is 2.16. The molecule has 0 saturated carbocycles. The van der Waals surface area contributed by atoms with Gasteiger partial charge in [0.25, 0.3) is 0 Å². The number of amides is 2. The fourth-order valence-corrected chi connectivity index (χ4v) is 2.81. The van der Waals surface area contributed by atoms with Crippen LogP contribution in [-0.2, 0) is 9.59 Å². The first-order chi connectivity index (χ1) is 13.5. The maximum atomic E-state index is 12.4. The van der Waals surface area contributed by atoms with E-state index < -0.39 is 0 Å². The van der Waals surface area contributed by atoms with Crippen molar-refractivity contribution < 1.29 is 19.1 Å². The molecule has 0 saturated heterocycles. The molecule has 3 rings (SSSR count). The first kappa shape index (κ1) is 19.8. The first-order valence-electron chi connectivity index (χ1n) is 8.97. The zero-order valence-corrected chi connectivity index (χ0v) is 16.2. The number of hydrogen-bond donors (Lipinski definition) is 1. The molecule has 7 heteroatoms. The van der Waals surface area contributed by atoms with Gasteiger partial charge in [-0.1, -0.05) is 23.7 Å². The van der Waals surface area contributed by atoms with E-state index >= 15 is 0 Å². The smallest absolute Gasteiger partial charge is 0.247 e. The summed E-state index contributed by atoms with van der Waals surface area (Å²) in [4.78, 5) is 26.2. The minimum atomic E-state index is -0.285. The van der Waals surface area contributed by atoms with E-state index in [1.54, 1.807) is 36.4 Å². The quantitative estimate of drug-likeness (QED) is 0.752. The van der Waals surface area contributed by atoms with Crippen molar-refractivity contribution in [1.82, 2.24) is 4.90 Å². The Morgan fingerprint density at radius 1 is 1.11 bits per heavy atom. The second-order valence-electron chi connectivity index (χ2n) is 6.14. The van der Waals surface area contributed by atoms with Crippen LogP contribution >= 0.6 is 11.6 Å². The number of nitrogens with zero attached hydrogens (tertiary/aromatic N) is 1. The van der Waals surface area contributed by atoms with Crippen LogP contribution in [0.25, 0.3) is 6.08 Å². The van der Waals surface area contributed by atoms with E-state index in [1.807, 2.05) is 19.1 Å². The molecule has 6 nitrogen and oxygen atoms in total. The van der Waals surface area contributed by atoms with Gasteiger partial charge in [-0.25, -0.2) is 0 Å². The van der Waals surface area contributed by atoms with E-state index in [4.69, 9.17) is 21.1 Å². The van der Waals surface area contributed by atoms with Crippen LogP contribution in [0.4, 0.5) is 5.69 Å². The number of nitrogens with one attached hydrogen (secondary N) is 1. The number of halogens is 1. The Hall–Kier alpha value is -2.99. The van der Waals surface area contributed by atoms with Crippen LogP contribution in [0.3, 0.4) is 0 Å². The number of carbonyl (C=O) groups is 2. The second kappa shape index (κ2) is 9.28. The summed E-state index contributed by atoms with van der Waals surface area (Å²) in [6.45, 7) is 3.18. The molecule has 2 amide bonds. The largest absolute Gasteiger partial charge is 0.486 e. The molecule has 0 aliphatic carbocycles. The number of carbonyl (C=O) groups excluding carboxylic acids is 2. The molecular formula is C21H21ClN2O4. The lowest BCUT2D eigenvalue weighted by atomic mass is 10.2. The topological polar surface area (TPSA) is 67.9 Å². The highest BCUT2D eigenvalue weighted by Crippen LogP contribution is 2.32. The summed E-state index contributed by atoms with van der Waals surface area (Å²) in [5, 5.41) is 3.42. The zero-order valence-electron chi connectivity index (χ0n) is 15.5. The Balaban J connectivity index is 1.58. The molecule has 2 aromatic rings. The Kier molecular flexibility index (Phi) is 6.55. The summed E-state index contributed by atoms with van der Waals surface area (Å²) in [5.74, 6) is 0.724. The zero-order chi connectivity index (χ0) is 19.9. The second-order valence-corrected chi connectivity index (χ2v) is 6.58. The van der Waals surface area contributed by atoms with Gasteiger partial charge in [0.2, 0.25) is 11.8 Å². The number of rotatable bonds is 6. The maximum absolute atomic E-state index is 12.4. The van der Waals surface area contributed by atoms with Crippen LogP contribution < -0.4 is 14.8 Å². The molecule has 2 aromatic carbocycles. The van der Waals surface area contributed by atoms with Crippen molar-refractivity contribution in [2.24, 2.45) is 0 Å². The van der Waals surface area contributed by atoms with E-state index in [0.29, 0.717) is 42.0 Å². The number of fused-ring (bicyclic) bond motifs is 1. The third-order valence-electron chi connectivity index (χ3n) is 4.14. The average molecular weight is 401 g/mol. The molecular weight excluding hydrogens is 380 g/mol. The molecule has 1 aliphatic heterocycles. The number of ether oxygens (including phenoxy) is 2. The van der Waals surface area contributed by atoms with Crippen LogP contribution in [0, 0.1) is 0 Å². The number of hydrogen-bond acceptors (Lipinski definition) is 4. The number of benzene rings is 2. The Bertz CT molecular complexity index is 880. The van der Waals surface area contributed by atoms with Gasteiger partial charge >= 0.3 is 0 Å². The van der Waals surface area contributed by atoms with Crippen LogP contribution in [-0.4, -0.2) is 43.0 Å². The maximum Gasteiger partial charge on any atom is 0.247 e. The molecule has 1 heterocycles. The summed E-state index contributed by atoms with van der Waals surface area (Å²) < 4.78 is 11.0.